The van der Waals surface area contributed by atoms with Gasteiger partial charge in [-0.2, -0.15) is 0 Å². The summed E-state index contributed by atoms with van der Waals surface area (Å²) in [5.74, 6) is -1.10. The Morgan fingerprint density at radius 2 is 1.59 bits per heavy atom. The van der Waals surface area contributed by atoms with Crippen molar-refractivity contribution in [1.82, 2.24) is 9.80 Å². The van der Waals surface area contributed by atoms with Crippen LogP contribution in [0, 0.1) is 17.8 Å². The van der Waals surface area contributed by atoms with Crippen LogP contribution in [0.15, 0.2) is 0 Å². The minimum absolute atomic E-state index is 0.00864. The predicted molar refractivity (Wildman–Crippen MR) is 81.1 cm³/mol. The van der Waals surface area contributed by atoms with Crippen LogP contribution in [0.2, 0.25) is 0 Å². The van der Waals surface area contributed by atoms with E-state index in [1.54, 1.807) is 4.90 Å². The molecule has 0 aromatic carbocycles. The van der Waals surface area contributed by atoms with Crippen molar-refractivity contribution in [2.75, 3.05) is 26.2 Å². The number of rotatable bonds is 3. The Kier molecular flexibility index (Phi) is 5.42. The molecule has 0 aliphatic carbocycles. The number of carboxylic acids is 1. The number of carboxylic acid groups (broad SMARTS) is 1. The number of piperidine rings is 2. The van der Waals surface area contributed by atoms with Crippen molar-refractivity contribution in [2.45, 2.75) is 39.5 Å². The Morgan fingerprint density at radius 1 is 0.955 bits per heavy atom. The van der Waals surface area contributed by atoms with Gasteiger partial charge in [0.25, 0.3) is 0 Å². The van der Waals surface area contributed by atoms with Gasteiger partial charge in [-0.1, -0.05) is 13.8 Å². The highest BCUT2D eigenvalue weighted by atomic mass is 16.4. The third-order valence-electron chi connectivity index (χ3n) is 4.73. The molecule has 2 aliphatic heterocycles. The molecule has 0 bridgehead atoms. The van der Waals surface area contributed by atoms with Crippen LogP contribution in [-0.4, -0.2) is 58.9 Å². The lowest BCUT2D eigenvalue weighted by Gasteiger charge is -2.37. The molecule has 6 heteroatoms. The molecule has 1 N–H and O–H groups in total. The molecule has 2 saturated heterocycles. The fourth-order valence-electron chi connectivity index (χ4n) is 3.35. The van der Waals surface area contributed by atoms with E-state index in [-0.39, 0.29) is 23.7 Å². The number of carbonyl (C=O) groups excluding carboxylic acids is 2. The Hall–Kier alpha value is -1.59. The highest BCUT2D eigenvalue weighted by Gasteiger charge is 2.34. The summed E-state index contributed by atoms with van der Waals surface area (Å²) >= 11 is 0. The summed E-state index contributed by atoms with van der Waals surface area (Å²) in [5.41, 5.74) is 0. The lowest BCUT2D eigenvalue weighted by atomic mass is 9.92. The van der Waals surface area contributed by atoms with E-state index < -0.39 is 11.9 Å². The third-order valence-corrected chi connectivity index (χ3v) is 4.73. The molecule has 2 amide bonds. The van der Waals surface area contributed by atoms with Crippen molar-refractivity contribution >= 4 is 17.8 Å². The number of aliphatic carboxylic acids is 1. The number of carbonyl (C=O) groups is 3. The van der Waals surface area contributed by atoms with Crippen molar-refractivity contribution in [1.29, 1.82) is 0 Å². The fraction of sp³-hybridized carbons (Fsp3) is 0.812. The first-order valence-corrected chi connectivity index (χ1v) is 8.20. The van der Waals surface area contributed by atoms with Crippen LogP contribution in [0.4, 0.5) is 0 Å². The molecular formula is C16H26N2O4. The fourth-order valence-corrected chi connectivity index (χ4v) is 3.35. The quantitative estimate of drug-likeness (QED) is 0.850. The number of hydrogen-bond donors (Lipinski definition) is 1. The summed E-state index contributed by atoms with van der Waals surface area (Å²) < 4.78 is 0. The second-order valence-electron chi connectivity index (χ2n) is 6.72. The van der Waals surface area contributed by atoms with Gasteiger partial charge in [0.1, 0.15) is 0 Å². The van der Waals surface area contributed by atoms with Crippen LogP contribution in [0.3, 0.4) is 0 Å². The summed E-state index contributed by atoms with van der Waals surface area (Å²) in [5, 5.41) is 9.11. The van der Waals surface area contributed by atoms with Gasteiger partial charge in [-0.25, -0.2) is 0 Å². The van der Waals surface area contributed by atoms with Gasteiger partial charge in [-0.05, 0) is 25.7 Å². The standard InChI is InChI=1S/C16H26N2O4/c1-11(2)14(19)17-8-5-12(6-9-17)15(20)18-7-3-4-13(10-18)16(21)22/h11-13H,3-10H2,1-2H3,(H,21,22). The summed E-state index contributed by atoms with van der Waals surface area (Å²) in [7, 11) is 0. The average Bonchev–Trinajstić information content (AvgIpc) is 2.53. The molecular weight excluding hydrogens is 284 g/mol. The van der Waals surface area contributed by atoms with Gasteiger partial charge in [-0.15, -0.1) is 0 Å². The molecule has 2 aliphatic rings. The number of amides is 2. The maximum absolute atomic E-state index is 12.6. The smallest absolute Gasteiger partial charge is 0.308 e. The Bertz CT molecular complexity index is 441. The maximum atomic E-state index is 12.6. The zero-order valence-corrected chi connectivity index (χ0v) is 13.5. The molecule has 1 unspecified atom stereocenters. The molecule has 6 nitrogen and oxygen atoms in total. The van der Waals surface area contributed by atoms with Gasteiger partial charge in [-0.3, -0.25) is 14.4 Å². The van der Waals surface area contributed by atoms with Crippen LogP contribution >= 0.6 is 0 Å². The van der Waals surface area contributed by atoms with E-state index >= 15 is 0 Å². The molecule has 124 valence electrons. The predicted octanol–water partition coefficient (Wildman–Crippen LogP) is 1.20. The minimum Gasteiger partial charge on any atom is -0.481 e. The molecule has 0 aromatic rings. The largest absolute Gasteiger partial charge is 0.481 e. The molecule has 0 spiro atoms. The second-order valence-corrected chi connectivity index (χ2v) is 6.72. The van der Waals surface area contributed by atoms with Crippen molar-refractivity contribution in [2.24, 2.45) is 17.8 Å². The van der Waals surface area contributed by atoms with Crippen LogP contribution < -0.4 is 0 Å². The van der Waals surface area contributed by atoms with E-state index in [1.165, 1.54) is 0 Å². The van der Waals surface area contributed by atoms with Gasteiger partial charge in [0.15, 0.2) is 0 Å². The maximum Gasteiger partial charge on any atom is 0.308 e. The van der Waals surface area contributed by atoms with Crippen molar-refractivity contribution in [3.05, 3.63) is 0 Å². The summed E-state index contributed by atoms with van der Waals surface area (Å²) in [6, 6.07) is 0. The molecule has 2 heterocycles. The lowest BCUT2D eigenvalue weighted by Crippen LogP contribution is -2.48. The van der Waals surface area contributed by atoms with E-state index in [1.807, 2.05) is 18.7 Å². The molecule has 2 rings (SSSR count). The van der Waals surface area contributed by atoms with Crippen LogP contribution in [-0.2, 0) is 14.4 Å². The molecule has 22 heavy (non-hydrogen) atoms. The monoisotopic (exact) mass is 310 g/mol. The van der Waals surface area contributed by atoms with Gasteiger partial charge in [0.05, 0.1) is 5.92 Å². The van der Waals surface area contributed by atoms with Gasteiger partial charge >= 0.3 is 5.97 Å². The van der Waals surface area contributed by atoms with E-state index in [9.17, 15) is 14.4 Å². The van der Waals surface area contributed by atoms with Gasteiger partial charge in [0, 0.05) is 38.0 Å². The summed E-state index contributed by atoms with van der Waals surface area (Å²) in [6.07, 6.45) is 2.78. The number of likely N-dealkylation sites (tertiary alicyclic amines) is 2. The molecule has 1 atom stereocenters. The highest BCUT2D eigenvalue weighted by molar-refractivity contribution is 5.81. The number of hydrogen-bond acceptors (Lipinski definition) is 3. The van der Waals surface area contributed by atoms with Crippen LogP contribution in [0.5, 0.6) is 0 Å². The molecule has 0 saturated carbocycles. The minimum atomic E-state index is -0.810. The lowest BCUT2D eigenvalue weighted by molar-refractivity contribution is -0.148. The Balaban J connectivity index is 1.87. The van der Waals surface area contributed by atoms with Gasteiger partial charge in [0.2, 0.25) is 11.8 Å². The summed E-state index contributed by atoms with van der Waals surface area (Å²) in [6.45, 7) is 6.03. The van der Waals surface area contributed by atoms with E-state index in [4.69, 9.17) is 5.11 Å². The molecule has 0 radical (unpaired) electrons. The topological polar surface area (TPSA) is 77.9 Å². The van der Waals surface area contributed by atoms with Crippen molar-refractivity contribution < 1.29 is 19.5 Å². The highest BCUT2D eigenvalue weighted by Crippen LogP contribution is 2.24. The zero-order chi connectivity index (χ0) is 16.3. The number of nitrogens with zero attached hydrogens (tertiary/aromatic N) is 2. The van der Waals surface area contributed by atoms with E-state index in [0.29, 0.717) is 45.4 Å². The van der Waals surface area contributed by atoms with Crippen molar-refractivity contribution in [3.63, 3.8) is 0 Å². The zero-order valence-electron chi connectivity index (χ0n) is 13.5. The first-order chi connectivity index (χ1) is 10.4. The SMILES string of the molecule is CC(C)C(=O)N1CCC(C(=O)N2CCCC(C(=O)O)C2)CC1. The normalized spacial score (nSPS) is 23.7. The Labute approximate surface area is 131 Å². The van der Waals surface area contributed by atoms with Crippen molar-refractivity contribution in [3.8, 4) is 0 Å². The summed E-state index contributed by atoms with van der Waals surface area (Å²) in [4.78, 5) is 39.2. The average molecular weight is 310 g/mol. The molecule has 2 fully saturated rings. The molecule has 0 aromatic heterocycles. The first-order valence-electron chi connectivity index (χ1n) is 8.20. The third kappa shape index (κ3) is 3.78. The van der Waals surface area contributed by atoms with Crippen LogP contribution in [0.1, 0.15) is 39.5 Å². The Morgan fingerprint density at radius 3 is 2.14 bits per heavy atom. The first kappa shape index (κ1) is 16.8. The second kappa shape index (κ2) is 7.11. The van der Waals surface area contributed by atoms with Crippen LogP contribution in [0.25, 0.3) is 0 Å². The van der Waals surface area contributed by atoms with E-state index in [2.05, 4.69) is 0 Å². The van der Waals surface area contributed by atoms with Gasteiger partial charge < -0.3 is 14.9 Å². The van der Waals surface area contributed by atoms with E-state index in [0.717, 1.165) is 6.42 Å².